The van der Waals surface area contributed by atoms with E-state index in [1.807, 2.05) is 0 Å². The largest absolute Gasteiger partial charge is 0.481 e. The summed E-state index contributed by atoms with van der Waals surface area (Å²) in [6.07, 6.45) is -0.122. The minimum absolute atomic E-state index is 0.122. The van der Waals surface area contributed by atoms with Crippen LogP contribution in [0.5, 0.6) is 0 Å². The third kappa shape index (κ3) is 3.68. The third-order valence-corrected chi connectivity index (χ3v) is 1.79. The lowest BCUT2D eigenvalue weighted by atomic mass is 10.1. The van der Waals surface area contributed by atoms with E-state index >= 15 is 0 Å². The maximum absolute atomic E-state index is 10.5. The van der Waals surface area contributed by atoms with E-state index in [1.165, 1.54) is 0 Å². The van der Waals surface area contributed by atoms with Crippen LogP contribution in [0.25, 0.3) is 0 Å². The molecule has 0 aliphatic carbocycles. The number of aliphatic carboxylic acids is 2. The summed E-state index contributed by atoms with van der Waals surface area (Å²) in [6, 6.07) is 6.74. The van der Waals surface area contributed by atoms with Crippen molar-refractivity contribution in [1.82, 2.24) is 0 Å². The number of anilines is 1. The van der Waals surface area contributed by atoms with Crippen LogP contribution in [0.4, 0.5) is 5.69 Å². The van der Waals surface area contributed by atoms with Crippen LogP contribution in [-0.4, -0.2) is 28.7 Å². The van der Waals surface area contributed by atoms with Crippen LogP contribution in [0, 0.1) is 0 Å². The molecule has 0 aliphatic rings. The van der Waals surface area contributed by atoms with Gasteiger partial charge in [0.05, 0.1) is 6.42 Å². The average molecular weight is 209 g/mol. The van der Waals surface area contributed by atoms with Crippen molar-refractivity contribution < 1.29 is 19.8 Å². The van der Waals surface area contributed by atoms with Crippen LogP contribution in [0.3, 0.4) is 0 Å². The summed E-state index contributed by atoms with van der Waals surface area (Å²) < 4.78 is 0. The highest BCUT2D eigenvalue weighted by Crippen LogP contribution is 2.15. The topological polar surface area (TPSA) is 86.6 Å². The highest BCUT2D eigenvalue weighted by atomic mass is 16.4. The van der Waals surface area contributed by atoms with Crippen molar-refractivity contribution in [3.8, 4) is 0 Å². The molecular weight excluding hydrogens is 198 g/mol. The van der Waals surface area contributed by atoms with Crippen LogP contribution >= 0.6 is 0 Å². The molecule has 3 N–H and O–H groups in total. The Hall–Kier alpha value is -2.04. The number of hydrogen-bond donors (Lipinski definition) is 3. The van der Waals surface area contributed by atoms with Crippen molar-refractivity contribution in [3.05, 3.63) is 29.8 Å². The lowest BCUT2D eigenvalue weighted by Gasteiger charge is -2.08. The van der Waals surface area contributed by atoms with E-state index in [1.54, 1.807) is 24.3 Å². The molecule has 0 unspecified atom stereocenters. The predicted molar refractivity (Wildman–Crippen MR) is 53.9 cm³/mol. The minimum atomic E-state index is -0.986. The van der Waals surface area contributed by atoms with Crippen LogP contribution in [0.2, 0.25) is 0 Å². The second-order valence-electron chi connectivity index (χ2n) is 2.97. The highest BCUT2D eigenvalue weighted by Gasteiger charge is 2.06. The molecule has 1 aromatic carbocycles. The maximum atomic E-state index is 10.5. The van der Waals surface area contributed by atoms with E-state index in [2.05, 4.69) is 5.32 Å². The van der Waals surface area contributed by atoms with Gasteiger partial charge in [-0.2, -0.15) is 0 Å². The normalized spacial score (nSPS) is 9.60. The van der Waals surface area contributed by atoms with Crippen molar-refractivity contribution in [1.29, 1.82) is 0 Å². The first-order valence-corrected chi connectivity index (χ1v) is 4.35. The van der Waals surface area contributed by atoms with Gasteiger partial charge < -0.3 is 15.5 Å². The molecule has 80 valence electrons. The van der Waals surface area contributed by atoms with Crippen molar-refractivity contribution in [2.75, 3.05) is 11.9 Å². The number of carboxylic acids is 2. The molecule has 1 aromatic rings. The van der Waals surface area contributed by atoms with E-state index in [-0.39, 0.29) is 13.0 Å². The Kier molecular flexibility index (Phi) is 3.68. The number of benzene rings is 1. The number of para-hydroxylation sites is 1. The van der Waals surface area contributed by atoms with Gasteiger partial charge in [0.15, 0.2) is 0 Å². The lowest BCUT2D eigenvalue weighted by Crippen LogP contribution is -2.14. The van der Waals surface area contributed by atoms with Crippen LogP contribution in [0.1, 0.15) is 5.56 Å². The Balaban J connectivity index is 2.76. The summed E-state index contributed by atoms with van der Waals surface area (Å²) in [5.41, 5.74) is 1.12. The van der Waals surface area contributed by atoms with Gasteiger partial charge in [0.2, 0.25) is 0 Å². The van der Waals surface area contributed by atoms with Crippen LogP contribution in [-0.2, 0) is 16.0 Å². The second kappa shape index (κ2) is 4.99. The molecule has 5 nitrogen and oxygen atoms in total. The van der Waals surface area contributed by atoms with Gasteiger partial charge in [0.1, 0.15) is 6.54 Å². The van der Waals surface area contributed by atoms with E-state index in [0.717, 1.165) is 0 Å². The van der Waals surface area contributed by atoms with Gasteiger partial charge >= 0.3 is 11.9 Å². The summed E-state index contributed by atoms with van der Waals surface area (Å²) in [5, 5.41) is 19.7. The highest BCUT2D eigenvalue weighted by molar-refractivity contribution is 5.76. The van der Waals surface area contributed by atoms with Crippen LogP contribution < -0.4 is 5.32 Å². The van der Waals surface area contributed by atoms with Crippen LogP contribution in [0.15, 0.2) is 24.3 Å². The van der Waals surface area contributed by atoms with E-state index in [9.17, 15) is 9.59 Å². The standard InChI is InChI=1S/C10H11NO4/c12-9(13)5-7-3-1-2-4-8(7)11-6-10(14)15/h1-4,11H,5-6H2,(H,12,13)(H,14,15). The Bertz CT molecular complexity index is 375. The number of rotatable bonds is 5. The fourth-order valence-electron chi connectivity index (χ4n) is 1.18. The molecule has 0 fully saturated rings. The smallest absolute Gasteiger partial charge is 0.322 e. The molecule has 0 saturated heterocycles. The van der Waals surface area contributed by atoms with E-state index < -0.39 is 11.9 Å². The molecule has 0 bridgehead atoms. The van der Waals surface area contributed by atoms with Crippen molar-refractivity contribution >= 4 is 17.6 Å². The Morgan fingerprint density at radius 3 is 2.40 bits per heavy atom. The molecular formula is C10H11NO4. The van der Waals surface area contributed by atoms with Gasteiger partial charge in [0, 0.05) is 5.69 Å². The fourth-order valence-corrected chi connectivity index (χ4v) is 1.18. The lowest BCUT2D eigenvalue weighted by molar-refractivity contribution is -0.136. The molecule has 0 radical (unpaired) electrons. The molecule has 0 aliphatic heterocycles. The zero-order valence-electron chi connectivity index (χ0n) is 7.93. The van der Waals surface area contributed by atoms with Gasteiger partial charge in [-0.3, -0.25) is 9.59 Å². The summed E-state index contributed by atoms with van der Waals surface area (Å²) in [6.45, 7) is -0.226. The molecule has 0 aromatic heterocycles. The molecule has 5 heteroatoms. The average Bonchev–Trinajstić information content (AvgIpc) is 2.15. The Labute approximate surface area is 86.4 Å². The quantitative estimate of drug-likeness (QED) is 0.668. The molecule has 0 saturated carbocycles. The number of hydrogen-bond acceptors (Lipinski definition) is 3. The number of nitrogens with one attached hydrogen (secondary N) is 1. The summed E-state index contributed by atoms with van der Waals surface area (Å²) in [4.78, 5) is 20.8. The third-order valence-electron chi connectivity index (χ3n) is 1.79. The zero-order chi connectivity index (χ0) is 11.3. The molecule has 0 spiro atoms. The van der Waals surface area contributed by atoms with Crippen molar-refractivity contribution in [2.45, 2.75) is 6.42 Å². The monoisotopic (exact) mass is 209 g/mol. The van der Waals surface area contributed by atoms with Gasteiger partial charge in [0.25, 0.3) is 0 Å². The molecule has 15 heavy (non-hydrogen) atoms. The summed E-state index contributed by atoms with van der Waals surface area (Å²) in [7, 11) is 0. The van der Waals surface area contributed by atoms with Gasteiger partial charge in [-0.25, -0.2) is 0 Å². The first-order valence-electron chi connectivity index (χ1n) is 4.35. The first-order chi connectivity index (χ1) is 7.09. The number of carbonyl (C=O) groups is 2. The van der Waals surface area contributed by atoms with E-state index in [0.29, 0.717) is 11.3 Å². The van der Waals surface area contributed by atoms with Gasteiger partial charge in [-0.15, -0.1) is 0 Å². The second-order valence-corrected chi connectivity index (χ2v) is 2.97. The molecule has 0 atom stereocenters. The SMILES string of the molecule is O=C(O)CNc1ccccc1CC(=O)O. The summed E-state index contributed by atoms with van der Waals surface area (Å²) in [5.74, 6) is -1.93. The van der Waals surface area contributed by atoms with Crippen molar-refractivity contribution in [2.24, 2.45) is 0 Å². The number of carboxylic acid groups (broad SMARTS) is 2. The maximum Gasteiger partial charge on any atom is 0.322 e. The van der Waals surface area contributed by atoms with Gasteiger partial charge in [-0.05, 0) is 11.6 Å². The molecule has 0 heterocycles. The van der Waals surface area contributed by atoms with Gasteiger partial charge in [-0.1, -0.05) is 18.2 Å². The fraction of sp³-hybridized carbons (Fsp3) is 0.200. The molecule has 1 rings (SSSR count). The Morgan fingerprint density at radius 2 is 1.80 bits per heavy atom. The summed E-state index contributed by atoms with van der Waals surface area (Å²) >= 11 is 0. The Morgan fingerprint density at radius 1 is 1.13 bits per heavy atom. The predicted octanol–water partition coefficient (Wildman–Crippen LogP) is 0.810. The minimum Gasteiger partial charge on any atom is -0.481 e. The van der Waals surface area contributed by atoms with Crippen molar-refractivity contribution in [3.63, 3.8) is 0 Å². The zero-order valence-corrected chi connectivity index (χ0v) is 7.93. The molecule has 0 amide bonds. The first kappa shape index (κ1) is 11.0. The van der Waals surface area contributed by atoms with E-state index in [4.69, 9.17) is 10.2 Å².